The van der Waals surface area contributed by atoms with Crippen molar-refractivity contribution in [3.05, 3.63) is 54.1 Å². The van der Waals surface area contributed by atoms with Gasteiger partial charge in [0.1, 0.15) is 6.04 Å². The molecule has 0 bridgehead atoms. The zero-order valence-corrected chi connectivity index (χ0v) is 13.9. The molecule has 3 rings (SSSR count). The lowest BCUT2D eigenvalue weighted by atomic mass is 10.1. The van der Waals surface area contributed by atoms with Crippen molar-refractivity contribution in [1.29, 1.82) is 0 Å². The van der Waals surface area contributed by atoms with Crippen LogP contribution in [-0.4, -0.2) is 19.3 Å². The second-order valence-corrected chi connectivity index (χ2v) is 6.36. The minimum Gasteiger partial charge on any atom is -0.372 e. The molecule has 0 spiro atoms. The summed E-state index contributed by atoms with van der Waals surface area (Å²) in [5.41, 5.74) is 8.09. The Hall–Kier alpha value is -2.21. The van der Waals surface area contributed by atoms with Crippen LogP contribution in [0.1, 0.15) is 30.9 Å². The molecule has 0 amide bonds. The smallest absolute Gasteiger partial charge is 0.372 e. The first-order chi connectivity index (χ1) is 11.9. The van der Waals surface area contributed by atoms with Crippen molar-refractivity contribution >= 4 is 17.1 Å². The summed E-state index contributed by atoms with van der Waals surface area (Å²) in [6.45, 7) is 2.18. The third-order valence-corrected chi connectivity index (χ3v) is 4.50. The Bertz CT molecular complexity index is 675. The predicted octanol–water partition coefficient (Wildman–Crippen LogP) is 4.98. The summed E-state index contributed by atoms with van der Waals surface area (Å²) in [4.78, 5) is 2.38. The number of halogens is 3. The van der Waals surface area contributed by atoms with E-state index in [4.69, 9.17) is 5.73 Å². The standard InChI is InChI=1S/C19H22F3N3/c20-19(21,22)18(23)14-4-6-15(7-5-14)24-16-8-10-17(11-9-16)25-12-2-1-3-13-25/h4-11,18,24H,1-3,12-13,23H2. The molecular formula is C19H22F3N3. The number of alkyl halides is 3. The number of nitrogens with zero attached hydrogens (tertiary/aromatic N) is 1. The van der Waals surface area contributed by atoms with E-state index in [-0.39, 0.29) is 5.56 Å². The van der Waals surface area contributed by atoms with Crippen LogP contribution in [-0.2, 0) is 0 Å². The van der Waals surface area contributed by atoms with Gasteiger partial charge in [0, 0.05) is 30.2 Å². The number of hydrogen-bond donors (Lipinski definition) is 2. The van der Waals surface area contributed by atoms with Gasteiger partial charge in [-0.05, 0) is 61.2 Å². The zero-order chi connectivity index (χ0) is 17.9. The SMILES string of the molecule is NC(c1ccc(Nc2ccc(N3CCCCC3)cc2)cc1)C(F)(F)F. The highest BCUT2D eigenvalue weighted by molar-refractivity contribution is 5.63. The molecule has 25 heavy (non-hydrogen) atoms. The summed E-state index contributed by atoms with van der Waals surface area (Å²) in [5, 5.41) is 3.20. The summed E-state index contributed by atoms with van der Waals surface area (Å²) in [5.74, 6) is 0. The van der Waals surface area contributed by atoms with Gasteiger partial charge in [-0.3, -0.25) is 0 Å². The summed E-state index contributed by atoms with van der Waals surface area (Å²) in [6, 6.07) is 12.2. The van der Waals surface area contributed by atoms with Crippen LogP contribution < -0.4 is 16.0 Å². The maximum absolute atomic E-state index is 12.6. The van der Waals surface area contributed by atoms with Crippen molar-refractivity contribution in [1.82, 2.24) is 0 Å². The van der Waals surface area contributed by atoms with E-state index in [1.165, 1.54) is 37.1 Å². The monoisotopic (exact) mass is 349 g/mol. The number of hydrogen-bond acceptors (Lipinski definition) is 3. The fourth-order valence-electron chi connectivity index (χ4n) is 3.04. The first-order valence-corrected chi connectivity index (χ1v) is 8.48. The minimum atomic E-state index is -4.43. The lowest BCUT2D eigenvalue weighted by Gasteiger charge is -2.28. The highest BCUT2D eigenvalue weighted by atomic mass is 19.4. The van der Waals surface area contributed by atoms with E-state index < -0.39 is 12.2 Å². The third kappa shape index (κ3) is 4.45. The van der Waals surface area contributed by atoms with E-state index >= 15 is 0 Å². The Morgan fingerprint density at radius 1 is 0.840 bits per heavy atom. The average molecular weight is 349 g/mol. The quantitative estimate of drug-likeness (QED) is 0.818. The van der Waals surface area contributed by atoms with Crippen LogP contribution in [0.4, 0.5) is 30.2 Å². The minimum absolute atomic E-state index is 0.0542. The van der Waals surface area contributed by atoms with Crippen LogP contribution >= 0.6 is 0 Å². The molecule has 1 fully saturated rings. The maximum atomic E-state index is 12.6. The van der Waals surface area contributed by atoms with E-state index in [2.05, 4.69) is 22.3 Å². The second kappa shape index (κ2) is 7.35. The Balaban J connectivity index is 1.64. The molecule has 6 heteroatoms. The number of piperidine rings is 1. The number of benzene rings is 2. The molecule has 0 aromatic heterocycles. The van der Waals surface area contributed by atoms with Crippen molar-refractivity contribution in [3.63, 3.8) is 0 Å². The Morgan fingerprint density at radius 2 is 1.36 bits per heavy atom. The molecule has 3 N–H and O–H groups in total. The van der Waals surface area contributed by atoms with Crippen molar-refractivity contribution in [2.75, 3.05) is 23.3 Å². The summed E-state index contributed by atoms with van der Waals surface area (Å²) in [6.07, 6.45) is -0.678. The molecule has 0 saturated carbocycles. The molecule has 0 radical (unpaired) electrons. The van der Waals surface area contributed by atoms with Gasteiger partial charge >= 0.3 is 6.18 Å². The van der Waals surface area contributed by atoms with E-state index in [1.54, 1.807) is 12.1 Å². The highest BCUT2D eigenvalue weighted by Crippen LogP contribution is 2.31. The third-order valence-electron chi connectivity index (χ3n) is 4.50. The summed E-state index contributed by atoms with van der Waals surface area (Å²) < 4.78 is 37.9. The van der Waals surface area contributed by atoms with Crippen molar-refractivity contribution in [2.45, 2.75) is 31.5 Å². The Kier molecular flexibility index (Phi) is 5.18. The number of nitrogens with two attached hydrogens (primary N) is 1. The van der Waals surface area contributed by atoms with Gasteiger partial charge in [0.15, 0.2) is 0 Å². The molecule has 3 nitrogen and oxygen atoms in total. The van der Waals surface area contributed by atoms with Gasteiger partial charge in [-0.25, -0.2) is 0 Å². The van der Waals surface area contributed by atoms with Gasteiger partial charge in [-0.15, -0.1) is 0 Å². The van der Waals surface area contributed by atoms with Crippen LogP contribution in [0.15, 0.2) is 48.5 Å². The summed E-state index contributed by atoms with van der Waals surface area (Å²) >= 11 is 0. The van der Waals surface area contributed by atoms with Gasteiger partial charge in [-0.1, -0.05) is 12.1 Å². The zero-order valence-electron chi connectivity index (χ0n) is 13.9. The molecule has 1 aliphatic heterocycles. The van der Waals surface area contributed by atoms with Gasteiger partial charge in [0.25, 0.3) is 0 Å². The molecular weight excluding hydrogens is 327 g/mol. The fourth-order valence-corrected chi connectivity index (χ4v) is 3.04. The normalized spacial score (nSPS) is 16.6. The first-order valence-electron chi connectivity index (χ1n) is 8.48. The lowest BCUT2D eigenvalue weighted by Crippen LogP contribution is -2.29. The van der Waals surface area contributed by atoms with Gasteiger partial charge < -0.3 is 16.0 Å². The number of anilines is 3. The molecule has 1 aliphatic rings. The molecule has 1 unspecified atom stereocenters. The van der Waals surface area contributed by atoms with Gasteiger partial charge in [0.05, 0.1) is 0 Å². The molecule has 1 heterocycles. The van der Waals surface area contributed by atoms with Crippen molar-refractivity contribution < 1.29 is 13.2 Å². The molecule has 1 atom stereocenters. The van der Waals surface area contributed by atoms with Crippen LogP contribution in [0.3, 0.4) is 0 Å². The van der Waals surface area contributed by atoms with Crippen LogP contribution in [0.25, 0.3) is 0 Å². The van der Waals surface area contributed by atoms with E-state index in [9.17, 15) is 13.2 Å². The Morgan fingerprint density at radius 3 is 1.88 bits per heavy atom. The van der Waals surface area contributed by atoms with Crippen LogP contribution in [0, 0.1) is 0 Å². The van der Waals surface area contributed by atoms with E-state index in [1.807, 2.05) is 12.1 Å². The van der Waals surface area contributed by atoms with Crippen LogP contribution in [0.2, 0.25) is 0 Å². The van der Waals surface area contributed by atoms with Crippen molar-refractivity contribution in [3.8, 4) is 0 Å². The molecule has 134 valence electrons. The Labute approximate surface area is 145 Å². The largest absolute Gasteiger partial charge is 0.407 e. The molecule has 2 aromatic rings. The lowest BCUT2D eigenvalue weighted by molar-refractivity contribution is -0.149. The number of rotatable bonds is 4. The van der Waals surface area contributed by atoms with Gasteiger partial charge in [0.2, 0.25) is 0 Å². The fraction of sp³-hybridized carbons (Fsp3) is 0.368. The second-order valence-electron chi connectivity index (χ2n) is 6.36. The predicted molar refractivity (Wildman–Crippen MR) is 95.2 cm³/mol. The van der Waals surface area contributed by atoms with Crippen LogP contribution in [0.5, 0.6) is 0 Å². The highest BCUT2D eigenvalue weighted by Gasteiger charge is 2.37. The van der Waals surface area contributed by atoms with Gasteiger partial charge in [-0.2, -0.15) is 13.2 Å². The first kappa shape index (κ1) is 17.6. The average Bonchev–Trinajstić information content (AvgIpc) is 2.62. The topological polar surface area (TPSA) is 41.3 Å². The van der Waals surface area contributed by atoms with E-state index in [0.717, 1.165) is 24.5 Å². The summed E-state index contributed by atoms with van der Waals surface area (Å²) in [7, 11) is 0. The molecule has 1 saturated heterocycles. The number of nitrogens with one attached hydrogen (secondary N) is 1. The molecule has 2 aromatic carbocycles. The molecule has 0 aliphatic carbocycles. The van der Waals surface area contributed by atoms with Crippen molar-refractivity contribution in [2.24, 2.45) is 5.73 Å². The van der Waals surface area contributed by atoms with E-state index in [0.29, 0.717) is 0 Å². The maximum Gasteiger partial charge on any atom is 0.407 e.